The van der Waals surface area contributed by atoms with Gasteiger partial charge in [-0.1, -0.05) is 58.0 Å². The van der Waals surface area contributed by atoms with Crippen molar-refractivity contribution in [2.45, 2.75) is 24.5 Å². The van der Waals surface area contributed by atoms with Crippen molar-refractivity contribution in [2.24, 2.45) is 0 Å². The van der Waals surface area contributed by atoms with Gasteiger partial charge in [-0.25, -0.2) is 9.18 Å². The summed E-state index contributed by atoms with van der Waals surface area (Å²) in [6.45, 7) is 1.10. The van der Waals surface area contributed by atoms with Gasteiger partial charge < -0.3 is 19.9 Å². The summed E-state index contributed by atoms with van der Waals surface area (Å²) in [7, 11) is 5.08. The molecule has 6 nitrogen and oxygen atoms in total. The zero-order chi connectivity index (χ0) is 25.9. The quantitative estimate of drug-likeness (QED) is 0.268. The van der Waals surface area contributed by atoms with Gasteiger partial charge in [0, 0.05) is 41.6 Å². The molecule has 2 amide bonds. The molecule has 1 aliphatic rings. The van der Waals surface area contributed by atoms with Crippen molar-refractivity contribution >= 4 is 44.5 Å². The predicted molar refractivity (Wildman–Crippen MR) is 147 cm³/mol. The molecule has 0 aliphatic carbocycles. The highest BCUT2D eigenvalue weighted by Crippen LogP contribution is 2.35. The summed E-state index contributed by atoms with van der Waals surface area (Å²) < 4.78 is 19.6. The van der Waals surface area contributed by atoms with Crippen molar-refractivity contribution in [1.82, 2.24) is 15.2 Å². The van der Waals surface area contributed by atoms with E-state index in [1.54, 1.807) is 28.6 Å². The van der Waals surface area contributed by atoms with E-state index < -0.39 is 11.9 Å². The van der Waals surface area contributed by atoms with E-state index in [1.807, 2.05) is 54.8 Å². The van der Waals surface area contributed by atoms with Gasteiger partial charge in [-0.3, -0.25) is 4.79 Å². The maximum Gasteiger partial charge on any atom is 0.410 e. The third-order valence-electron chi connectivity index (χ3n) is 6.31. The summed E-state index contributed by atoms with van der Waals surface area (Å²) in [6, 6.07) is 18.6. The van der Waals surface area contributed by atoms with E-state index in [2.05, 4.69) is 10.3 Å². The highest BCUT2D eigenvalue weighted by atomic mass is 33.1. The Morgan fingerprint density at radius 2 is 1.81 bits per heavy atom. The lowest BCUT2D eigenvalue weighted by atomic mass is 9.99. The molecule has 1 aliphatic heterocycles. The molecule has 4 aromatic rings. The first-order chi connectivity index (χ1) is 17.9. The molecule has 0 bridgehead atoms. The van der Waals surface area contributed by atoms with Crippen molar-refractivity contribution in [2.75, 3.05) is 19.8 Å². The average molecular weight is 536 g/mol. The Labute approximate surface area is 222 Å². The van der Waals surface area contributed by atoms with Crippen LogP contribution in [0.15, 0.2) is 65.6 Å². The van der Waals surface area contributed by atoms with Crippen LogP contribution in [0.4, 0.5) is 9.18 Å². The second-order valence-electron chi connectivity index (χ2n) is 8.86. The number of ether oxygens (including phenoxy) is 1. The van der Waals surface area contributed by atoms with Crippen molar-refractivity contribution in [3.05, 3.63) is 88.7 Å². The zero-order valence-corrected chi connectivity index (χ0v) is 22.1. The first-order valence-corrected chi connectivity index (χ1v) is 14.4. The molecular formula is C28H26FN3O3S2. The number of rotatable bonds is 7. The number of nitrogens with one attached hydrogen (secondary N) is 2. The van der Waals surface area contributed by atoms with Crippen LogP contribution in [0, 0.1) is 5.82 Å². The smallest absolute Gasteiger partial charge is 0.410 e. The number of carbonyl (C=O) groups is 2. The largest absolute Gasteiger partial charge is 0.445 e. The van der Waals surface area contributed by atoms with Crippen molar-refractivity contribution < 1.29 is 18.7 Å². The van der Waals surface area contributed by atoms with E-state index in [0.29, 0.717) is 30.6 Å². The van der Waals surface area contributed by atoms with Gasteiger partial charge in [-0.05, 0) is 59.2 Å². The SMILES string of the molecule is CSSc1ccc(COC(=O)N(C)Cc2ccc(-c3[nH]c4cc(F)cc5c4c3CCNC5=O)cc2)cc1. The van der Waals surface area contributed by atoms with Gasteiger partial charge >= 0.3 is 6.09 Å². The van der Waals surface area contributed by atoms with Crippen LogP contribution in [0.3, 0.4) is 0 Å². The molecule has 190 valence electrons. The lowest BCUT2D eigenvalue weighted by Crippen LogP contribution is -2.26. The van der Waals surface area contributed by atoms with E-state index in [0.717, 1.165) is 38.2 Å². The molecule has 9 heteroatoms. The topological polar surface area (TPSA) is 74.4 Å². The summed E-state index contributed by atoms with van der Waals surface area (Å²) >= 11 is 0. The molecule has 0 fully saturated rings. The molecule has 3 aromatic carbocycles. The third-order valence-corrected chi connectivity index (χ3v) is 8.02. The van der Waals surface area contributed by atoms with Gasteiger partial charge in [0.1, 0.15) is 12.4 Å². The normalized spacial score (nSPS) is 12.8. The van der Waals surface area contributed by atoms with Gasteiger partial charge in [-0.15, -0.1) is 0 Å². The molecule has 0 atom stereocenters. The standard InChI is InChI=1S/C28H26FN3O3S2/c1-32(28(34)35-16-18-5-9-21(10-6-18)37-36-2)15-17-3-7-19(8-4-17)26-22-11-12-30-27(33)23-13-20(29)14-24(31-26)25(22)23/h3-10,13-14,31H,11-12,15-16H2,1-2H3,(H,30,33). The Morgan fingerprint density at radius 3 is 2.54 bits per heavy atom. The number of amides is 2. The van der Waals surface area contributed by atoms with E-state index in [1.165, 1.54) is 17.0 Å². The maximum atomic E-state index is 14.1. The van der Waals surface area contributed by atoms with Crippen LogP contribution in [0.2, 0.25) is 0 Å². The Bertz CT molecular complexity index is 1450. The molecule has 0 spiro atoms. The number of benzene rings is 3. The number of carbonyl (C=O) groups excluding carboxylic acids is 2. The van der Waals surface area contributed by atoms with Crippen LogP contribution < -0.4 is 5.32 Å². The monoisotopic (exact) mass is 535 g/mol. The van der Waals surface area contributed by atoms with Crippen molar-refractivity contribution in [1.29, 1.82) is 0 Å². The van der Waals surface area contributed by atoms with Crippen LogP contribution >= 0.6 is 21.6 Å². The number of halogens is 1. The minimum atomic E-state index is -0.448. The Hall–Kier alpha value is -3.43. The molecule has 37 heavy (non-hydrogen) atoms. The maximum absolute atomic E-state index is 14.1. The molecule has 2 N–H and O–H groups in total. The number of hydrogen-bond donors (Lipinski definition) is 2. The number of nitrogens with zero attached hydrogens (tertiary/aromatic N) is 1. The van der Waals surface area contributed by atoms with E-state index >= 15 is 0 Å². The van der Waals surface area contributed by atoms with E-state index in [4.69, 9.17) is 4.74 Å². The zero-order valence-electron chi connectivity index (χ0n) is 20.5. The Morgan fingerprint density at radius 1 is 1.08 bits per heavy atom. The molecule has 0 saturated carbocycles. The molecule has 0 saturated heterocycles. The second kappa shape index (κ2) is 10.9. The number of hydrogen-bond acceptors (Lipinski definition) is 5. The highest BCUT2D eigenvalue weighted by Gasteiger charge is 2.23. The van der Waals surface area contributed by atoms with Gasteiger partial charge in [0.25, 0.3) is 5.91 Å². The molecule has 2 heterocycles. The third kappa shape index (κ3) is 5.47. The van der Waals surface area contributed by atoms with Crippen LogP contribution in [-0.4, -0.2) is 41.7 Å². The summed E-state index contributed by atoms with van der Waals surface area (Å²) in [4.78, 5) is 30.9. The van der Waals surface area contributed by atoms with Crippen LogP contribution in [0.1, 0.15) is 27.0 Å². The first kappa shape index (κ1) is 25.2. The number of aromatic amines is 1. The van der Waals surface area contributed by atoms with E-state index in [-0.39, 0.29) is 12.5 Å². The molecule has 1 aromatic heterocycles. The van der Waals surface area contributed by atoms with Crippen LogP contribution in [0.5, 0.6) is 0 Å². The summed E-state index contributed by atoms with van der Waals surface area (Å²) in [5.41, 5.74) is 5.67. The van der Waals surface area contributed by atoms with Gasteiger partial charge in [-0.2, -0.15) is 0 Å². The second-order valence-corrected chi connectivity index (χ2v) is 11.3. The molecule has 5 rings (SSSR count). The van der Waals surface area contributed by atoms with Crippen LogP contribution in [0.25, 0.3) is 22.2 Å². The number of aromatic nitrogens is 1. The summed E-state index contributed by atoms with van der Waals surface area (Å²) in [5, 5.41) is 3.62. The molecule has 0 unspecified atom stereocenters. The van der Waals surface area contributed by atoms with Gasteiger partial charge in [0.05, 0.1) is 5.56 Å². The average Bonchev–Trinajstić information content (AvgIpc) is 3.17. The number of H-pyrrole nitrogens is 1. The Kier molecular flexibility index (Phi) is 7.43. The fourth-order valence-electron chi connectivity index (χ4n) is 4.55. The lowest BCUT2D eigenvalue weighted by molar-refractivity contribution is 0.0956. The summed E-state index contributed by atoms with van der Waals surface area (Å²) in [5.74, 6) is -0.707. The molecular weight excluding hydrogens is 509 g/mol. The minimum absolute atomic E-state index is 0.218. The fraction of sp³-hybridized carbons (Fsp3) is 0.214. The first-order valence-electron chi connectivity index (χ1n) is 11.8. The van der Waals surface area contributed by atoms with Gasteiger partial charge in [0.15, 0.2) is 0 Å². The highest BCUT2D eigenvalue weighted by molar-refractivity contribution is 8.76. The van der Waals surface area contributed by atoms with Crippen LogP contribution in [-0.2, 0) is 24.3 Å². The van der Waals surface area contributed by atoms with E-state index in [9.17, 15) is 14.0 Å². The minimum Gasteiger partial charge on any atom is -0.445 e. The molecule has 0 radical (unpaired) electrons. The van der Waals surface area contributed by atoms with Gasteiger partial charge in [0.2, 0.25) is 0 Å². The predicted octanol–water partition coefficient (Wildman–Crippen LogP) is 6.40. The van der Waals surface area contributed by atoms with Crippen molar-refractivity contribution in [3.8, 4) is 11.3 Å². The summed E-state index contributed by atoms with van der Waals surface area (Å²) in [6.07, 6.45) is 2.28. The van der Waals surface area contributed by atoms with Crippen molar-refractivity contribution in [3.63, 3.8) is 0 Å². The lowest BCUT2D eigenvalue weighted by Gasteiger charge is -2.17. The Balaban J connectivity index is 1.27. The fourth-order valence-corrected chi connectivity index (χ4v) is 5.90.